The predicted octanol–water partition coefficient (Wildman–Crippen LogP) is 2.33. The van der Waals surface area contributed by atoms with Crippen molar-refractivity contribution in [3.05, 3.63) is 54.1 Å². The predicted molar refractivity (Wildman–Crippen MR) is 89.4 cm³/mol. The maximum absolute atomic E-state index is 11.8. The zero-order valence-electron chi connectivity index (χ0n) is 12.9. The lowest BCUT2D eigenvalue weighted by molar-refractivity contribution is 0.0602. The third kappa shape index (κ3) is 3.24. The fourth-order valence-corrected chi connectivity index (χ4v) is 2.21. The smallest absolute Gasteiger partial charge is 0.339 e. The molecule has 0 bridgehead atoms. The van der Waals surface area contributed by atoms with Gasteiger partial charge in [-0.25, -0.2) is 4.79 Å². The number of hydrazine groups is 2. The van der Waals surface area contributed by atoms with E-state index in [1.54, 1.807) is 28.6 Å². The molecule has 0 saturated carbocycles. The Kier molecular flexibility index (Phi) is 4.11. The molecule has 0 amide bonds. The van der Waals surface area contributed by atoms with Crippen LogP contribution in [0, 0.1) is 0 Å². The lowest BCUT2D eigenvalue weighted by atomic mass is 10.1. The Morgan fingerprint density at radius 2 is 2.04 bits per heavy atom. The molecule has 0 aliphatic carbocycles. The number of hydrogen-bond donors (Lipinski definition) is 2. The van der Waals surface area contributed by atoms with Crippen molar-refractivity contribution in [2.75, 3.05) is 24.6 Å². The Morgan fingerprint density at radius 1 is 1.22 bits per heavy atom. The molecule has 2 N–H and O–H groups in total. The fraction of sp³-hybridized carbons (Fsp3) is 0.125. The van der Waals surface area contributed by atoms with E-state index in [0.717, 1.165) is 11.4 Å². The van der Waals surface area contributed by atoms with E-state index in [0.29, 0.717) is 11.3 Å². The van der Waals surface area contributed by atoms with Gasteiger partial charge in [0.1, 0.15) is 6.34 Å². The fourth-order valence-electron chi connectivity index (χ4n) is 2.21. The van der Waals surface area contributed by atoms with Gasteiger partial charge >= 0.3 is 5.97 Å². The summed E-state index contributed by atoms with van der Waals surface area (Å²) in [4.78, 5) is 11.8. The van der Waals surface area contributed by atoms with Crippen molar-refractivity contribution in [3.8, 4) is 0 Å². The molecule has 1 heterocycles. The summed E-state index contributed by atoms with van der Waals surface area (Å²) in [6.45, 7) is 0. The van der Waals surface area contributed by atoms with Gasteiger partial charge in [-0.1, -0.05) is 18.2 Å². The van der Waals surface area contributed by atoms with Crippen molar-refractivity contribution in [2.24, 2.45) is 5.10 Å². The third-order valence-electron chi connectivity index (χ3n) is 3.29. The number of benzene rings is 2. The summed E-state index contributed by atoms with van der Waals surface area (Å²) in [6.07, 6.45) is 1.67. The van der Waals surface area contributed by atoms with Gasteiger partial charge in [-0.15, -0.1) is 10.6 Å². The molecule has 0 atom stereocenters. The largest absolute Gasteiger partial charge is 0.465 e. The molecule has 0 saturated heterocycles. The molecule has 0 radical (unpaired) electrons. The van der Waals surface area contributed by atoms with Crippen molar-refractivity contribution < 1.29 is 9.53 Å². The molecular weight excluding hydrogens is 294 g/mol. The average Bonchev–Trinajstić information content (AvgIpc) is 3.01. The van der Waals surface area contributed by atoms with Crippen LogP contribution in [-0.2, 0) is 4.74 Å². The highest BCUT2D eigenvalue weighted by Crippen LogP contribution is 2.25. The maximum Gasteiger partial charge on any atom is 0.339 e. The molecule has 2 aromatic rings. The molecule has 0 aromatic heterocycles. The number of esters is 1. The number of carbonyl (C=O) groups excluding carboxylic acids is 1. The third-order valence-corrected chi connectivity index (χ3v) is 3.29. The van der Waals surface area contributed by atoms with Crippen molar-refractivity contribution in [2.45, 2.75) is 0 Å². The van der Waals surface area contributed by atoms with Crippen LogP contribution < -0.4 is 16.0 Å². The van der Waals surface area contributed by atoms with Crippen LogP contribution in [-0.4, -0.2) is 31.5 Å². The zero-order valence-corrected chi connectivity index (χ0v) is 12.9. The normalized spacial score (nSPS) is 13.3. The van der Waals surface area contributed by atoms with Crippen LogP contribution in [0.25, 0.3) is 0 Å². The number of ether oxygens (including phenoxy) is 1. The van der Waals surface area contributed by atoms with Gasteiger partial charge in [0.2, 0.25) is 0 Å². The number of methoxy groups -OCH3 is 1. The number of hydrazone groups is 1. The molecule has 3 rings (SSSR count). The van der Waals surface area contributed by atoms with Gasteiger partial charge in [0.05, 0.1) is 24.0 Å². The zero-order chi connectivity index (χ0) is 16.2. The maximum atomic E-state index is 11.8. The van der Waals surface area contributed by atoms with Crippen molar-refractivity contribution >= 4 is 29.4 Å². The van der Waals surface area contributed by atoms with Crippen LogP contribution >= 0.6 is 0 Å². The highest BCUT2D eigenvalue weighted by molar-refractivity contribution is 5.96. The number of rotatable bonds is 4. The number of anilines is 3. The van der Waals surface area contributed by atoms with Crippen molar-refractivity contribution in [1.29, 1.82) is 0 Å². The number of para-hydroxylation sites is 1. The van der Waals surface area contributed by atoms with E-state index in [1.807, 2.05) is 43.4 Å². The highest BCUT2D eigenvalue weighted by Gasteiger charge is 2.14. The van der Waals surface area contributed by atoms with Gasteiger partial charge < -0.3 is 10.1 Å². The van der Waals surface area contributed by atoms with Crippen LogP contribution in [0.4, 0.5) is 17.1 Å². The molecule has 1 aliphatic rings. The Bertz CT molecular complexity index is 747. The number of nitrogens with one attached hydrogen (secondary N) is 2. The lowest BCUT2D eigenvalue weighted by Crippen LogP contribution is -2.37. The van der Waals surface area contributed by atoms with E-state index < -0.39 is 0 Å². The summed E-state index contributed by atoms with van der Waals surface area (Å²) in [7, 11) is 3.23. The quantitative estimate of drug-likeness (QED) is 0.845. The molecule has 0 fully saturated rings. The minimum absolute atomic E-state index is 0.378. The van der Waals surface area contributed by atoms with Crippen LogP contribution in [0.15, 0.2) is 53.6 Å². The first-order valence-electron chi connectivity index (χ1n) is 7.05. The van der Waals surface area contributed by atoms with Crippen molar-refractivity contribution in [1.82, 2.24) is 10.5 Å². The van der Waals surface area contributed by atoms with Gasteiger partial charge in [-0.05, 0) is 30.3 Å². The van der Waals surface area contributed by atoms with Gasteiger partial charge in [0.25, 0.3) is 0 Å². The minimum Gasteiger partial charge on any atom is -0.465 e. The Morgan fingerprint density at radius 3 is 2.78 bits per heavy atom. The van der Waals surface area contributed by atoms with Crippen LogP contribution in [0.5, 0.6) is 0 Å². The summed E-state index contributed by atoms with van der Waals surface area (Å²) in [5.41, 5.74) is 5.92. The van der Waals surface area contributed by atoms with Crippen molar-refractivity contribution in [3.63, 3.8) is 0 Å². The number of hydrogen-bond acceptors (Lipinski definition) is 7. The van der Waals surface area contributed by atoms with E-state index >= 15 is 0 Å². The topological polar surface area (TPSA) is 69.2 Å². The summed E-state index contributed by atoms with van der Waals surface area (Å²) in [5.74, 6) is -0.378. The van der Waals surface area contributed by atoms with E-state index in [2.05, 4.69) is 16.0 Å². The monoisotopic (exact) mass is 311 g/mol. The second kappa shape index (κ2) is 6.37. The Balaban J connectivity index is 1.84. The van der Waals surface area contributed by atoms with Gasteiger partial charge in [-0.2, -0.15) is 5.12 Å². The summed E-state index contributed by atoms with van der Waals surface area (Å²) in [6, 6.07) is 14.9. The Hall–Kier alpha value is -3.06. The summed E-state index contributed by atoms with van der Waals surface area (Å²) >= 11 is 0. The summed E-state index contributed by atoms with van der Waals surface area (Å²) in [5, 5.41) is 10.9. The first kappa shape index (κ1) is 14.9. The Labute approximate surface area is 134 Å². The van der Waals surface area contributed by atoms with E-state index in [9.17, 15) is 4.79 Å². The average molecular weight is 311 g/mol. The molecule has 118 valence electrons. The first-order valence-corrected chi connectivity index (χ1v) is 7.05. The summed E-state index contributed by atoms with van der Waals surface area (Å²) < 4.78 is 4.81. The van der Waals surface area contributed by atoms with E-state index in [4.69, 9.17) is 4.74 Å². The molecule has 1 aliphatic heterocycles. The second-order valence-corrected chi connectivity index (χ2v) is 4.97. The van der Waals surface area contributed by atoms with Gasteiger partial charge in [-0.3, -0.25) is 5.01 Å². The first-order chi connectivity index (χ1) is 11.2. The van der Waals surface area contributed by atoms with E-state index in [-0.39, 0.29) is 5.97 Å². The molecular formula is C16H17N5O2. The molecule has 2 aromatic carbocycles. The molecule has 0 spiro atoms. The van der Waals surface area contributed by atoms with Gasteiger partial charge in [0.15, 0.2) is 0 Å². The standard InChI is InChI=1S/C16H17N5O2/c1-20-11-17-21(19-20)13-7-5-6-12(10-13)18-15-9-4-3-8-14(15)16(22)23-2/h3-11,18-19H,1-2H3. The van der Waals surface area contributed by atoms with Crippen LogP contribution in [0.3, 0.4) is 0 Å². The molecule has 0 unspecified atom stereocenters. The lowest BCUT2D eigenvalue weighted by Gasteiger charge is -2.18. The number of carbonyl (C=O) groups is 1. The van der Waals surface area contributed by atoms with Crippen LogP contribution in [0.1, 0.15) is 10.4 Å². The van der Waals surface area contributed by atoms with Gasteiger partial charge in [0, 0.05) is 12.7 Å². The minimum atomic E-state index is -0.378. The molecule has 7 heteroatoms. The van der Waals surface area contributed by atoms with Crippen LogP contribution in [0.2, 0.25) is 0 Å². The van der Waals surface area contributed by atoms with E-state index in [1.165, 1.54) is 7.11 Å². The second-order valence-electron chi connectivity index (χ2n) is 4.97. The highest BCUT2D eigenvalue weighted by atomic mass is 16.5. The molecule has 7 nitrogen and oxygen atoms in total. The number of nitrogens with zero attached hydrogens (tertiary/aromatic N) is 3. The molecule has 23 heavy (non-hydrogen) atoms. The SMILES string of the molecule is COC(=O)c1ccccc1Nc1cccc(N2N=CN(C)N2)c1.